The Morgan fingerprint density at radius 3 is 2.38 bits per heavy atom. The first-order chi connectivity index (χ1) is 9.88. The summed E-state index contributed by atoms with van der Waals surface area (Å²) < 4.78 is 0. The van der Waals surface area contributed by atoms with Crippen LogP contribution in [0.2, 0.25) is 0 Å². The van der Waals surface area contributed by atoms with Crippen LogP contribution < -0.4 is 5.32 Å². The van der Waals surface area contributed by atoms with Gasteiger partial charge in [0.1, 0.15) is 5.75 Å². The summed E-state index contributed by atoms with van der Waals surface area (Å²) in [6.45, 7) is 8.68. The summed E-state index contributed by atoms with van der Waals surface area (Å²) >= 11 is 0. The van der Waals surface area contributed by atoms with Crippen LogP contribution in [0.25, 0.3) is 0 Å². The number of aryl methyl sites for hydroxylation is 1. The van der Waals surface area contributed by atoms with Crippen molar-refractivity contribution in [2.24, 2.45) is 0 Å². The molecule has 0 bridgehead atoms. The zero-order valence-electron chi connectivity index (χ0n) is 13.4. The third-order valence-electron chi connectivity index (χ3n) is 3.98. The van der Waals surface area contributed by atoms with E-state index in [1.54, 1.807) is 6.07 Å². The van der Waals surface area contributed by atoms with Crippen molar-refractivity contribution in [2.45, 2.75) is 45.6 Å². The number of aromatic hydroxyl groups is 1. The Morgan fingerprint density at radius 1 is 1.10 bits per heavy atom. The maximum absolute atomic E-state index is 9.59. The van der Waals surface area contributed by atoms with Crippen molar-refractivity contribution in [3.8, 4) is 5.75 Å². The number of hydrogen-bond donors (Lipinski definition) is 2. The Kier molecular flexibility index (Phi) is 4.56. The predicted octanol–water partition coefficient (Wildman–Crippen LogP) is 4.87. The lowest BCUT2D eigenvalue weighted by Crippen LogP contribution is -2.27. The topological polar surface area (TPSA) is 32.3 Å². The number of anilines is 1. The molecule has 0 saturated carbocycles. The van der Waals surface area contributed by atoms with Gasteiger partial charge in [-0.15, -0.1) is 0 Å². The van der Waals surface area contributed by atoms with E-state index in [-0.39, 0.29) is 5.41 Å². The van der Waals surface area contributed by atoms with Gasteiger partial charge in [-0.2, -0.15) is 0 Å². The van der Waals surface area contributed by atoms with Crippen LogP contribution in [-0.2, 0) is 5.41 Å². The zero-order chi connectivity index (χ0) is 15.5. The number of phenols is 1. The van der Waals surface area contributed by atoms with Gasteiger partial charge in [-0.05, 0) is 55.0 Å². The molecule has 1 unspecified atom stereocenters. The molecule has 0 aliphatic rings. The molecular weight excluding hydrogens is 258 g/mol. The highest BCUT2D eigenvalue weighted by Gasteiger charge is 2.23. The van der Waals surface area contributed by atoms with Crippen LogP contribution in [0.15, 0.2) is 48.5 Å². The second kappa shape index (κ2) is 6.21. The van der Waals surface area contributed by atoms with Crippen LogP contribution in [-0.4, -0.2) is 11.1 Å². The van der Waals surface area contributed by atoms with E-state index in [1.807, 2.05) is 19.1 Å². The summed E-state index contributed by atoms with van der Waals surface area (Å²) in [5.74, 6) is 0.345. The summed E-state index contributed by atoms with van der Waals surface area (Å²) in [6, 6.07) is 16.6. The molecule has 0 aliphatic carbocycles. The minimum Gasteiger partial charge on any atom is -0.508 e. The van der Waals surface area contributed by atoms with Crippen LogP contribution >= 0.6 is 0 Å². The van der Waals surface area contributed by atoms with Gasteiger partial charge in [0.2, 0.25) is 0 Å². The molecule has 0 amide bonds. The van der Waals surface area contributed by atoms with Gasteiger partial charge < -0.3 is 10.4 Å². The molecule has 0 spiro atoms. The molecule has 0 fully saturated rings. The molecule has 1 atom stereocenters. The zero-order valence-corrected chi connectivity index (χ0v) is 13.4. The third-order valence-corrected chi connectivity index (χ3v) is 3.98. The molecule has 2 nitrogen and oxygen atoms in total. The molecular formula is C19H25NO. The van der Waals surface area contributed by atoms with Gasteiger partial charge in [0.25, 0.3) is 0 Å². The maximum atomic E-state index is 9.59. The quantitative estimate of drug-likeness (QED) is 0.767. The third kappa shape index (κ3) is 4.01. The Labute approximate surface area is 127 Å². The van der Waals surface area contributed by atoms with Gasteiger partial charge in [0, 0.05) is 11.7 Å². The van der Waals surface area contributed by atoms with Crippen molar-refractivity contribution in [1.82, 2.24) is 0 Å². The molecule has 0 aromatic heterocycles. The number of phenolic OH excluding ortho intramolecular Hbond substituents is 1. The monoisotopic (exact) mass is 283 g/mol. The first-order valence-corrected chi connectivity index (χ1v) is 7.50. The van der Waals surface area contributed by atoms with Gasteiger partial charge in [-0.3, -0.25) is 0 Å². The lowest BCUT2D eigenvalue weighted by atomic mass is 9.79. The number of nitrogens with one attached hydrogen (secondary N) is 1. The molecule has 0 heterocycles. The molecule has 21 heavy (non-hydrogen) atoms. The fraction of sp³-hybridized carbons (Fsp3) is 0.368. The van der Waals surface area contributed by atoms with E-state index in [9.17, 15) is 5.11 Å². The lowest BCUT2D eigenvalue weighted by molar-refractivity contribution is 0.450. The second-order valence-electron chi connectivity index (χ2n) is 6.50. The summed E-state index contributed by atoms with van der Waals surface area (Å²) in [6.07, 6.45) is 1.04. The molecule has 2 heteroatoms. The molecule has 0 aliphatic heterocycles. The van der Waals surface area contributed by atoms with Crippen molar-refractivity contribution in [1.29, 1.82) is 0 Å². The van der Waals surface area contributed by atoms with E-state index in [0.717, 1.165) is 17.7 Å². The Bertz CT molecular complexity index is 590. The van der Waals surface area contributed by atoms with Gasteiger partial charge in [-0.25, -0.2) is 0 Å². The highest BCUT2D eigenvalue weighted by Crippen LogP contribution is 2.29. The van der Waals surface area contributed by atoms with Crippen molar-refractivity contribution < 1.29 is 5.11 Å². The van der Waals surface area contributed by atoms with E-state index in [1.165, 1.54) is 5.56 Å². The molecule has 112 valence electrons. The van der Waals surface area contributed by atoms with Gasteiger partial charge in [0.15, 0.2) is 0 Å². The standard InChI is InChI=1S/C19H25NO/c1-14-12-17(10-11-18(14)21)20-15(2)13-19(3,4)16-8-6-5-7-9-16/h5-12,15,20-21H,13H2,1-4H3. The Balaban J connectivity index is 2.04. The minimum atomic E-state index is 0.125. The molecule has 2 N–H and O–H groups in total. The highest BCUT2D eigenvalue weighted by molar-refractivity contribution is 5.50. The van der Waals surface area contributed by atoms with Crippen molar-refractivity contribution in [3.63, 3.8) is 0 Å². The van der Waals surface area contributed by atoms with E-state index in [0.29, 0.717) is 11.8 Å². The number of hydrogen-bond acceptors (Lipinski definition) is 2. The SMILES string of the molecule is Cc1cc(NC(C)CC(C)(C)c2ccccc2)ccc1O. The van der Waals surface area contributed by atoms with E-state index < -0.39 is 0 Å². The fourth-order valence-electron chi connectivity index (χ4n) is 2.85. The molecule has 2 rings (SSSR count). The lowest BCUT2D eigenvalue weighted by Gasteiger charge is -2.29. The van der Waals surface area contributed by atoms with E-state index in [2.05, 4.69) is 56.4 Å². The normalized spacial score (nSPS) is 13.0. The summed E-state index contributed by atoms with van der Waals surface area (Å²) in [5, 5.41) is 13.1. The van der Waals surface area contributed by atoms with Gasteiger partial charge in [0.05, 0.1) is 0 Å². The van der Waals surface area contributed by atoms with Crippen molar-refractivity contribution in [3.05, 3.63) is 59.7 Å². The number of benzene rings is 2. The van der Waals surface area contributed by atoms with Crippen LogP contribution in [0.1, 0.15) is 38.3 Å². The first-order valence-electron chi connectivity index (χ1n) is 7.50. The largest absolute Gasteiger partial charge is 0.508 e. The van der Waals surface area contributed by atoms with Crippen LogP contribution in [0, 0.1) is 6.92 Å². The molecule has 2 aromatic carbocycles. The van der Waals surface area contributed by atoms with Crippen molar-refractivity contribution in [2.75, 3.05) is 5.32 Å². The average molecular weight is 283 g/mol. The fourth-order valence-corrected chi connectivity index (χ4v) is 2.85. The van der Waals surface area contributed by atoms with E-state index >= 15 is 0 Å². The Hall–Kier alpha value is -1.96. The minimum absolute atomic E-state index is 0.125. The maximum Gasteiger partial charge on any atom is 0.118 e. The summed E-state index contributed by atoms with van der Waals surface area (Å²) in [5.41, 5.74) is 3.44. The van der Waals surface area contributed by atoms with Crippen molar-refractivity contribution >= 4 is 5.69 Å². The summed E-state index contributed by atoms with van der Waals surface area (Å²) in [4.78, 5) is 0. The van der Waals surface area contributed by atoms with Gasteiger partial charge >= 0.3 is 0 Å². The summed E-state index contributed by atoms with van der Waals surface area (Å²) in [7, 11) is 0. The average Bonchev–Trinajstić information content (AvgIpc) is 2.43. The van der Waals surface area contributed by atoms with Gasteiger partial charge in [-0.1, -0.05) is 44.2 Å². The molecule has 0 saturated heterocycles. The molecule has 0 radical (unpaired) electrons. The van der Waals surface area contributed by atoms with Crippen LogP contribution in [0.4, 0.5) is 5.69 Å². The second-order valence-corrected chi connectivity index (χ2v) is 6.50. The first kappa shape index (κ1) is 15.4. The number of rotatable bonds is 5. The highest BCUT2D eigenvalue weighted by atomic mass is 16.3. The predicted molar refractivity (Wildman–Crippen MR) is 90.0 cm³/mol. The Morgan fingerprint density at radius 2 is 1.76 bits per heavy atom. The van der Waals surface area contributed by atoms with E-state index in [4.69, 9.17) is 0 Å². The van der Waals surface area contributed by atoms with Crippen LogP contribution in [0.5, 0.6) is 5.75 Å². The molecule has 2 aromatic rings. The van der Waals surface area contributed by atoms with Crippen LogP contribution in [0.3, 0.4) is 0 Å². The smallest absolute Gasteiger partial charge is 0.118 e.